The van der Waals surface area contributed by atoms with Gasteiger partial charge in [0.15, 0.2) is 0 Å². The quantitative estimate of drug-likeness (QED) is 0.899. The molecule has 0 bridgehead atoms. The second kappa shape index (κ2) is 6.24. The number of carboxylic acids is 1. The molecular formula is C12H15NO3S2. The van der Waals surface area contributed by atoms with Gasteiger partial charge in [-0.2, -0.15) is 0 Å². The Morgan fingerprint density at radius 1 is 1.56 bits per heavy atom. The fourth-order valence-corrected chi connectivity index (χ4v) is 3.79. The van der Waals surface area contributed by atoms with Crippen molar-refractivity contribution in [3.05, 3.63) is 22.4 Å². The molecule has 0 spiro atoms. The highest BCUT2D eigenvalue weighted by atomic mass is 32.2. The van der Waals surface area contributed by atoms with E-state index in [1.165, 1.54) is 9.78 Å². The summed E-state index contributed by atoms with van der Waals surface area (Å²) in [6, 6.07) is 3.42. The van der Waals surface area contributed by atoms with E-state index >= 15 is 0 Å². The SMILES string of the molecule is O=C(O)C1CCCN1C(=O)CSCc1cccs1. The summed E-state index contributed by atoms with van der Waals surface area (Å²) in [4.78, 5) is 25.7. The zero-order chi connectivity index (χ0) is 13.0. The van der Waals surface area contributed by atoms with Crippen LogP contribution >= 0.6 is 23.1 Å². The normalized spacial score (nSPS) is 19.1. The number of carbonyl (C=O) groups excluding carboxylic acids is 1. The molecule has 1 aromatic heterocycles. The molecule has 1 amide bonds. The molecule has 0 aromatic carbocycles. The van der Waals surface area contributed by atoms with Crippen LogP contribution in [0.3, 0.4) is 0 Å². The lowest BCUT2D eigenvalue weighted by Crippen LogP contribution is -2.41. The zero-order valence-electron chi connectivity index (χ0n) is 9.87. The summed E-state index contributed by atoms with van der Waals surface area (Å²) >= 11 is 3.22. The van der Waals surface area contributed by atoms with Crippen LogP contribution in [-0.4, -0.2) is 40.2 Å². The second-order valence-corrected chi connectivity index (χ2v) is 6.17. The number of amides is 1. The molecule has 1 atom stereocenters. The molecule has 1 aliphatic heterocycles. The molecule has 1 saturated heterocycles. The minimum absolute atomic E-state index is 0.0542. The van der Waals surface area contributed by atoms with E-state index in [1.807, 2.05) is 17.5 Å². The van der Waals surface area contributed by atoms with Crippen molar-refractivity contribution in [1.82, 2.24) is 4.90 Å². The first-order valence-electron chi connectivity index (χ1n) is 5.81. The van der Waals surface area contributed by atoms with Gasteiger partial charge >= 0.3 is 5.97 Å². The van der Waals surface area contributed by atoms with Crippen LogP contribution in [0.15, 0.2) is 17.5 Å². The molecule has 0 radical (unpaired) electrons. The molecule has 98 valence electrons. The van der Waals surface area contributed by atoms with Crippen molar-refractivity contribution in [1.29, 1.82) is 0 Å². The highest BCUT2D eigenvalue weighted by Gasteiger charge is 2.33. The van der Waals surface area contributed by atoms with Gasteiger partial charge in [0.25, 0.3) is 0 Å². The van der Waals surface area contributed by atoms with E-state index in [2.05, 4.69) is 0 Å². The summed E-state index contributed by atoms with van der Waals surface area (Å²) in [5.41, 5.74) is 0. The van der Waals surface area contributed by atoms with Crippen molar-refractivity contribution in [2.75, 3.05) is 12.3 Å². The minimum atomic E-state index is -0.885. The number of hydrogen-bond acceptors (Lipinski definition) is 4. The van der Waals surface area contributed by atoms with Crippen LogP contribution in [-0.2, 0) is 15.3 Å². The van der Waals surface area contributed by atoms with Crippen molar-refractivity contribution in [3.63, 3.8) is 0 Å². The third kappa shape index (κ3) is 3.26. The largest absolute Gasteiger partial charge is 0.480 e. The zero-order valence-corrected chi connectivity index (χ0v) is 11.5. The number of rotatable bonds is 5. The van der Waals surface area contributed by atoms with Gasteiger partial charge in [-0.3, -0.25) is 4.79 Å². The minimum Gasteiger partial charge on any atom is -0.480 e. The summed E-state index contributed by atoms with van der Waals surface area (Å²) in [6.07, 6.45) is 1.37. The van der Waals surface area contributed by atoms with Gasteiger partial charge < -0.3 is 10.0 Å². The molecule has 0 aliphatic carbocycles. The van der Waals surface area contributed by atoms with E-state index in [0.717, 1.165) is 12.2 Å². The molecule has 1 unspecified atom stereocenters. The molecule has 18 heavy (non-hydrogen) atoms. The third-order valence-electron chi connectivity index (χ3n) is 2.91. The van der Waals surface area contributed by atoms with E-state index in [1.54, 1.807) is 23.1 Å². The maximum Gasteiger partial charge on any atom is 0.326 e. The lowest BCUT2D eigenvalue weighted by atomic mass is 10.2. The molecule has 2 rings (SSSR count). The molecule has 1 aliphatic rings. The Kier molecular flexibility index (Phi) is 4.66. The average molecular weight is 285 g/mol. The highest BCUT2D eigenvalue weighted by molar-refractivity contribution is 7.99. The molecule has 6 heteroatoms. The average Bonchev–Trinajstić information content (AvgIpc) is 2.99. The van der Waals surface area contributed by atoms with E-state index in [9.17, 15) is 9.59 Å². The van der Waals surface area contributed by atoms with Gasteiger partial charge in [0, 0.05) is 17.2 Å². The first-order valence-corrected chi connectivity index (χ1v) is 7.84. The van der Waals surface area contributed by atoms with Crippen LogP contribution in [0.5, 0.6) is 0 Å². The van der Waals surface area contributed by atoms with Crippen molar-refractivity contribution in [2.45, 2.75) is 24.6 Å². The molecular weight excluding hydrogens is 270 g/mol. The van der Waals surface area contributed by atoms with Crippen molar-refractivity contribution in [3.8, 4) is 0 Å². The van der Waals surface area contributed by atoms with Crippen molar-refractivity contribution < 1.29 is 14.7 Å². The lowest BCUT2D eigenvalue weighted by molar-refractivity contribution is -0.147. The van der Waals surface area contributed by atoms with Crippen LogP contribution in [0, 0.1) is 0 Å². The number of hydrogen-bond donors (Lipinski definition) is 1. The van der Waals surface area contributed by atoms with Crippen LogP contribution in [0.4, 0.5) is 0 Å². The Bertz CT molecular complexity index is 419. The van der Waals surface area contributed by atoms with Gasteiger partial charge in [-0.25, -0.2) is 4.79 Å². The number of thioether (sulfide) groups is 1. The number of aliphatic carboxylic acids is 1. The van der Waals surface area contributed by atoms with E-state index < -0.39 is 12.0 Å². The topological polar surface area (TPSA) is 57.6 Å². The van der Waals surface area contributed by atoms with Gasteiger partial charge in [-0.15, -0.1) is 23.1 Å². The maximum atomic E-state index is 11.9. The summed E-state index contributed by atoms with van der Waals surface area (Å²) in [5.74, 6) is 0.238. The number of carbonyl (C=O) groups is 2. The number of likely N-dealkylation sites (tertiary alicyclic amines) is 1. The summed E-state index contributed by atoms with van der Waals surface area (Å²) in [6.45, 7) is 0.579. The number of nitrogens with zero attached hydrogens (tertiary/aromatic N) is 1. The van der Waals surface area contributed by atoms with Gasteiger partial charge in [-0.1, -0.05) is 6.07 Å². The molecule has 1 fully saturated rings. The summed E-state index contributed by atoms with van der Waals surface area (Å²) < 4.78 is 0. The molecule has 1 N–H and O–H groups in total. The second-order valence-electron chi connectivity index (χ2n) is 4.16. The lowest BCUT2D eigenvalue weighted by Gasteiger charge is -2.21. The van der Waals surface area contributed by atoms with Crippen molar-refractivity contribution >= 4 is 35.0 Å². The molecule has 4 nitrogen and oxygen atoms in total. The Balaban J connectivity index is 1.79. The summed E-state index contributed by atoms with van der Waals surface area (Å²) in [7, 11) is 0. The van der Waals surface area contributed by atoms with E-state index in [4.69, 9.17) is 5.11 Å². The van der Waals surface area contributed by atoms with Crippen LogP contribution in [0.25, 0.3) is 0 Å². The van der Waals surface area contributed by atoms with Crippen LogP contribution < -0.4 is 0 Å². The predicted molar refractivity (Wildman–Crippen MR) is 72.9 cm³/mol. The number of thiophene rings is 1. The first kappa shape index (κ1) is 13.4. The van der Waals surface area contributed by atoms with Gasteiger partial charge in [-0.05, 0) is 24.3 Å². The Morgan fingerprint density at radius 3 is 3.06 bits per heavy atom. The van der Waals surface area contributed by atoms with Gasteiger partial charge in [0.1, 0.15) is 6.04 Å². The third-order valence-corrected chi connectivity index (χ3v) is 4.93. The monoisotopic (exact) mass is 285 g/mol. The molecule has 0 saturated carbocycles. The Morgan fingerprint density at radius 2 is 2.39 bits per heavy atom. The molecule has 1 aromatic rings. The van der Waals surface area contributed by atoms with E-state index in [0.29, 0.717) is 18.7 Å². The van der Waals surface area contributed by atoms with Gasteiger partial charge in [0.05, 0.1) is 5.75 Å². The smallest absolute Gasteiger partial charge is 0.326 e. The standard InChI is InChI=1S/C12H15NO3S2/c14-11(8-17-7-9-3-2-6-18-9)13-5-1-4-10(13)12(15)16/h2-3,6,10H,1,4-5,7-8H2,(H,15,16). The van der Waals surface area contributed by atoms with Crippen LogP contribution in [0.2, 0.25) is 0 Å². The predicted octanol–water partition coefficient (Wildman–Crippen LogP) is 2.06. The van der Waals surface area contributed by atoms with Crippen LogP contribution in [0.1, 0.15) is 17.7 Å². The Hall–Kier alpha value is -1.01. The van der Waals surface area contributed by atoms with E-state index in [-0.39, 0.29) is 5.91 Å². The maximum absolute atomic E-state index is 11.9. The Labute approximate surface area is 114 Å². The fraction of sp³-hybridized carbons (Fsp3) is 0.500. The number of carboxylic acid groups (broad SMARTS) is 1. The fourth-order valence-electron chi connectivity index (χ4n) is 2.04. The summed E-state index contributed by atoms with van der Waals surface area (Å²) in [5, 5.41) is 11.0. The highest BCUT2D eigenvalue weighted by Crippen LogP contribution is 2.21. The van der Waals surface area contributed by atoms with Gasteiger partial charge in [0.2, 0.25) is 5.91 Å². The van der Waals surface area contributed by atoms with Crippen molar-refractivity contribution in [2.24, 2.45) is 0 Å². The first-order chi connectivity index (χ1) is 8.68. The molecule has 2 heterocycles.